The van der Waals surface area contributed by atoms with E-state index in [0.29, 0.717) is 6.61 Å². The number of hydrogen-bond donors (Lipinski definition) is 1. The van der Waals surface area contributed by atoms with Crippen molar-refractivity contribution in [2.24, 2.45) is 17.3 Å². The summed E-state index contributed by atoms with van der Waals surface area (Å²) < 4.78 is 4.89. The minimum Gasteiger partial charge on any atom is -0.465 e. The monoisotopic (exact) mass is 184 g/mol. The second-order valence-electron chi connectivity index (χ2n) is 4.86. The van der Waals surface area contributed by atoms with Crippen LogP contribution in [0.3, 0.4) is 0 Å². The Kier molecular flexibility index (Phi) is 1.88. The molecule has 0 bridgehead atoms. The molecule has 0 aromatic heterocycles. The van der Waals surface area contributed by atoms with Gasteiger partial charge in [0.25, 0.3) is 0 Å². The van der Waals surface area contributed by atoms with Gasteiger partial charge >= 0.3 is 5.97 Å². The SMILES string of the molecule is CC1(C)CC(C2CCOC2=O)C1O. The zero-order chi connectivity index (χ0) is 9.64. The molecule has 0 aromatic carbocycles. The number of esters is 1. The molecule has 0 aromatic rings. The van der Waals surface area contributed by atoms with Crippen molar-refractivity contribution in [3.8, 4) is 0 Å². The number of ether oxygens (including phenoxy) is 1. The molecule has 3 unspecified atom stereocenters. The van der Waals surface area contributed by atoms with E-state index in [0.717, 1.165) is 12.8 Å². The number of carbonyl (C=O) groups is 1. The van der Waals surface area contributed by atoms with Crippen molar-refractivity contribution < 1.29 is 14.6 Å². The number of aliphatic hydroxyl groups is 1. The number of rotatable bonds is 1. The van der Waals surface area contributed by atoms with Gasteiger partial charge in [0.05, 0.1) is 18.6 Å². The van der Waals surface area contributed by atoms with Crippen LogP contribution in [0.25, 0.3) is 0 Å². The largest absolute Gasteiger partial charge is 0.465 e. The van der Waals surface area contributed by atoms with Crippen molar-refractivity contribution in [3.05, 3.63) is 0 Å². The van der Waals surface area contributed by atoms with Gasteiger partial charge in [-0.15, -0.1) is 0 Å². The topological polar surface area (TPSA) is 46.5 Å². The summed E-state index contributed by atoms with van der Waals surface area (Å²) in [5.41, 5.74) is -0.00641. The molecular weight excluding hydrogens is 168 g/mol. The molecule has 1 N–H and O–H groups in total. The van der Waals surface area contributed by atoms with E-state index in [1.807, 2.05) is 13.8 Å². The smallest absolute Gasteiger partial charge is 0.309 e. The van der Waals surface area contributed by atoms with Gasteiger partial charge < -0.3 is 9.84 Å². The average Bonchev–Trinajstić information content (AvgIpc) is 2.47. The quantitative estimate of drug-likeness (QED) is 0.617. The maximum atomic E-state index is 11.2. The maximum Gasteiger partial charge on any atom is 0.309 e. The molecule has 74 valence electrons. The van der Waals surface area contributed by atoms with E-state index in [2.05, 4.69) is 0 Å². The van der Waals surface area contributed by atoms with E-state index in [4.69, 9.17) is 4.74 Å². The van der Waals surface area contributed by atoms with Crippen LogP contribution in [0.15, 0.2) is 0 Å². The summed E-state index contributed by atoms with van der Waals surface area (Å²) in [6.45, 7) is 4.61. The highest BCUT2D eigenvalue weighted by molar-refractivity contribution is 5.74. The summed E-state index contributed by atoms with van der Waals surface area (Å²) >= 11 is 0. The van der Waals surface area contributed by atoms with E-state index >= 15 is 0 Å². The van der Waals surface area contributed by atoms with Gasteiger partial charge in [0.2, 0.25) is 0 Å². The molecule has 0 spiro atoms. The molecular formula is C10H16O3. The molecule has 0 radical (unpaired) electrons. The van der Waals surface area contributed by atoms with Crippen LogP contribution in [0.1, 0.15) is 26.7 Å². The lowest BCUT2D eigenvalue weighted by Crippen LogP contribution is -2.52. The Morgan fingerprint density at radius 2 is 2.23 bits per heavy atom. The molecule has 3 heteroatoms. The van der Waals surface area contributed by atoms with Crippen LogP contribution < -0.4 is 0 Å². The molecule has 1 saturated carbocycles. The second kappa shape index (κ2) is 2.71. The molecule has 1 heterocycles. The Hall–Kier alpha value is -0.570. The van der Waals surface area contributed by atoms with Gasteiger partial charge in [-0.3, -0.25) is 4.79 Å². The van der Waals surface area contributed by atoms with Gasteiger partial charge in [-0.05, 0) is 24.2 Å². The Balaban J connectivity index is 2.01. The molecule has 1 aliphatic carbocycles. The van der Waals surface area contributed by atoms with E-state index in [9.17, 15) is 9.90 Å². The first-order valence-electron chi connectivity index (χ1n) is 4.87. The van der Waals surface area contributed by atoms with Gasteiger partial charge in [0.15, 0.2) is 0 Å². The molecule has 3 atom stereocenters. The number of cyclic esters (lactones) is 1. The van der Waals surface area contributed by atoms with Gasteiger partial charge in [-0.1, -0.05) is 13.8 Å². The molecule has 13 heavy (non-hydrogen) atoms. The lowest BCUT2D eigenvalue weighted by Gasteiger charge is -2.49. The lowest BCUT2D eigenvalue weighted by atomic mass is 9.57. The van der Waals surface area contributed by atoms with Crippen LogP contribution in [0.2, 0.25) is 0 Å². The zero-order valence-electron chi connectivity index (χ0n) is 8.12. The fourth-order valence-electron chi connectivity index (χ4n) is 2.52. The van der Waals surface area contributed by atoms with Crippen molar-refractivity contribution in [1.29, 1.82) is 0 Å². The van der Waals surface area contributed by atoms with Crippen molar-refractivity contribution in [3.63, 3.8) is 0 Å². The third-order valence-corrected chi connectivity index (χ3v) is 3.46. The van der Waals surface area contributed by atoms with Crippen LogP contribution in [0.5, 0.6) is 0 Å². The van der Waals surface area contributed by atoms with Crippen LogP contribution in [0.4, 0.5) is 0 Å². The molecule has 2 rings (SSSR count). The predicted octanol–water partition coefficient (Wildman–Crippen LogP) is 0.956. The fraction of sp³-hybridized carbons (Fsp3) is 0.900. The number of aliphatic hydroxyl groups excluding tert-OH is 1. The van der Waals surface area contributed by atoms with Gasteiger partial charge in [-0.2, -0.15) is 0 Å². The third kappa shape index (κ3) is 1.26. The predicted molar refractivity (Wildman–Crippen MR) is 47.0 cm³/mol. The summed E-state index contributed by atoms with van der Waals surface area (Å²) in [7, 11) is 0. The van der Waals surface area contributed by atoms with Gasteiger partial charge in [-0.25, -0.2) is 0 Å². The molecule has 0 amide bonds. The molecule has 2 aliphatic rings. The highest BCUT2D eigenvalue weighted by Gasteiger charge is 2.52. The van der Waals surface area contributed by atoms with Crippen molar-refractivity contribution >= 4 is 5.97 Å². The first kappa shape index (κ1) is 9.00. The summed E-state index contributed by atoms with van der Waals surface area (Å²) in [6, 6.07) is 0. The molecule has 3 nitrogen and oxygen atoms in total. The Morgan fingerprint density at radius 3 is 2.62 bits per heavy atom. The van der Waals surface area contributed by atoms with Crippen molar-refractivity contribution in [2.45, 2.75) is 32.8 Å². The summed E-state index contributed by atoms with van der Waals surface area (Å²) in [4.78, 5) is 11.2. The second-order valence-corrected chi connectivity index (χ2v) is 4.86. The molecule has 1 saturated heterocycles. The zero-order valence-corrected chi connectivity index (χ0v) is 8.12. The Bertz CT molecular complexity index is 234. The lowest BCUT2D eigenvalue weighted by molar-refractivity contribution is -0.156. The third-order valence-electron chi connectivity index (χ3n) is 3.46. The standard InChI is InChI=1S/C10H16O3/c1-10(2)5-7(8(10)11)6-3-4-13-9(6)12/h6-8,11H,3-5H2,1-2H3. The molecule has 2 fully saturated rings. The summed E-state index contributed by atoms with van der Waals surface area (Å²) in [5, 5.41) is 9.81. The first-order valence-corrected chi connectivity index (χ1v) is 4.87. The van der Waals surface area contributed by atoms with E-state index in [1.54, 1.807) is 0 Å². The van der Waals surface area contributed by atoms with Crippen molar-refractivity contribution in [2.75, 3.05) is 6.61 Å². The highest BCUT2D eigenvalue weighted by atomic mass is 16.5. The maximum absolute atomic E-state index is 11.2. The Morgan fingerprint density at radius 1 is 1.54 bits per heavy atom. The van der Waals surface area contributed by atoms with Gasteiger partial charge in [0, 0.05) is 0 Å². The van der Waals surface area contributed by atoms with E-state index < -0.39 is 0 Å². The normalized spacial score (nSPS) is 42.7. The minimum atomic E-state index is -0.330. The summed E-state index contributed by atoms with van der Waals surface area (Å²) in [5.74, 6) is -0.00688. The van der Waals surface area contributed by atoms with Crippen LogP contribution in [0, 0.1) is 17.3 Å². The molecule has 1 aliphatic heterocycles. The minimum absolute atomic E-state index is 0.00641. The van der Waals surface area contributed by atoms with Gasteiger partial charge in [0.1, 0.15) is 0 Å². The van der Waals surface area contributed by atoms with Crippen LogP contribution in [-0.4, -0.2) is 23.8 Å². The average molecular weight is 184 g/mol. The number of carbonyl (C=O) groups excluding carboxylic acids is 1. The first-order chi connectivity index (χ1) is 6.02. The Labute approximate surface area is 78.1 Å². The van der Waals surface area contributed by atoms with E-state index in [1.165, 1.54) is 0 Å². The number of hydrogen-bond acceptors (Lipinski definition) is 3. The fourth-order valence-corrected chi connectivity index (χ4v) is 2.52. The van der Waals surface area contributed by atoms with Crippen LogP contribution in [-0.2, 0) is 9.53 Å². The highest BCUT2D eigenvalue weighted by Crippen LogP contribution is 2.50. The summed E-state index contributed by atoms with van der Waals surface area (Å²) in [6.07, 6.45) is 1.40. The van der Waals surface area contributed by atoms with E-state index in [-0.39, 0.29) is 29.3 Å². The van der Waals surface area contributed by atoms with Crippen LogP contribution >= 0.6 is 0 Å². The van der Waals surface area contributed by atoms with Crippen molar-refractivity contribution in [1.82, 2.24) is 0 Å².